The molecule has 6 nitrogen and oxygen atoms in total. The normalized spacial score (nSPS) is 11.2. The van der Waals surface area contributed by atoms with E-state index < -0.39 is 13.9 Å². The molecule has 0 aromatic carbocycles. The predicted octanol–water partition coefficient (Wildman–Crippen LogP) is -2.87. The van der Waals surface area contributed by atoms with Gasteiger partial charge in [-0.1, -0.05) is 0 Å². The quantitative estimate of drug-likeness (QED) is 0.240. The molecule has 0 aromatic heterocycles. The number of phosphoric acid groups is 1. The van der Waals surface area contributed by atoms with E-state index in [1.807, 2.05) is 0 Å². The Kier molecular flexibility index (Phi) is 25.7. The fourth-order valence-corrected chi connectivity index (χ4v) is 0. The number of aliphatic hydroxyl groups excluding tert-OH is 2. The third-order valence-electron chi connectivity index (χ3n) is 0.264. The van der Waals surface area contributed by atoms with Crippen LogP contribution >= 0.6 is 7.82 Å². The SMILES string of the molecule is CC(O)CO.O=P(O)(O)O.[NaH].[NaH]. The van der Waals surface area contributed by atoms with Crippen LogP contribution in [0.25, 0.3) is 0 Å². The van der Waals surface area contributed by atoms with Gasteiger partial charge in [-0.05, 0) is 6.92 Å². The van der Waals surface area contributed by atoms with Gasteiger partial charge in [-0.15, -0.1) is 0 Å². The first-order chi connectivity index (χ1) is 4.27. The van der Waals surface area contributed by atoms with Gasteiger partial charge in [-0.25, -0.2) is 4.57 Å². The van der Waals surface area contributed by atoms with Gasteiger partial charge < -0.3 is 24.9 Å². The minimum atomic E-state index is -4.64. The van der Waals surface area contributed by atoms with Crippen molar-refractivity contribution in [3.05, 3.63) is 0 Å². The molecule has 0 spiro atoms. The van der Waals surface area contributed by atoms with Crippen LogP contribution in [-0.4, -0.2) is 96.7 Å². The summed E-state index contributed by atoms with van der Waals surface area (Å²) in [5.41, 5.74) is 0. The fourth-order valence-electron chi connectivity index (χ4n) is 0. The van der Waals surface area contributed by atoms with Gasteiger partial charge in [-0.3, -0.25) is 0 Å². The van der Waals surface area contributed by atoms with Gasteiger partial charge in [0.05, 0.1) is 12.7 Å². The standard InChI is InChI=1S/C3H8O2.2Na.H3O4P.2H/c1-3(5)2-4;;;1-5(2,3)4;;/h3-5H,2H2,1H3;;;(H3,1,2,3,4);;. The Balaban J connectivity index is -0.0000000457. The zero-order valence-corrected chi connectivity index (χ0v) is 6.27. The summed E-state index contributed by atoms with van der Waals surface area (Å²) in [6.45, 7) is 1.39. The van der Waals surface area contributed by atoms with E-state index in [0.29, 0.717) is 0 Å². The number of hydrogen-bond acceptors (Lipinski definition) is 3. The minimum absolute atomic E-state index is 0. The number of rotatable bonds is 1. The van der Waals surface area contributed by atoms with Crippen molar-refractivity contribution in [1.29, 1.82) is 0 Å². The zero-order chi connectivity index (χ0) is 8.78. The monoisotopic (exact) mass is 222 g/mol. The van der Waals surface area contributed by atoms with Gasteiger partial charge in [0.25, 0.3) is 0 Å². The van der Waals surface area contributed by atoms with E-state index in [1.165, 1.54) is 6.92 Å². The summed E-state index contributed by atoms with van der Waals surface area (Å²) in [6.07, 6.45) is -0.560. The summed E-state index contributed by atoms with van der Waals surface area (Å²) in [5.74, 6) is 0. The second-order valence-corrected chi connectivity index (χ2v) is 2.57. The maximum absolute atomic E-state index is 8.88. The fraction of sp³-hybridized carbons (Fsp3) is 1.00. The van der Waals surface area contributed by atoms with Crippen LogP contribution in [0.2, 0.25) is 0 Å². The Morgan fingerprint density at radius 1 is 1.25 bits per heavy atom. The Hall–Kier alpha value is 2.03. The van der Waals surface area contributed by atoms with Gasteiger partial charge in [-0.2, -0.15) is 0 Å². The van der Waals surface area contributed by atoms with E-state index in [2.05, 4.69) is 0 Å². The molecule has 0 saturated heterocycles. The van der Waals surface area contributed by atoms with Crippen molar-refractivity contribution in [3.8, 4) is 0 Å². The van der Waals surface area contributed by atoms with Crippen molar-refractivity contribution in [3.63, 3.8) is 0 Å². The average molecular weight is 222 g/mol. The Morgan fingerprint density at radius 2 is 1.33 bits per heavy atom. The first-order valence-electron chi connectivity index (χ1n) is 2.34. The van der Waals surface area contributed by atoms with Crippen LogP contribution in [0.3, 0.4) is 0 Å². The summed E-state index contributed by atoms with van der Waals surface area (Å²) in [5, 5.41) is 16.0. The summed E-state index contributed by atoms with van der Waals surface area (Å²) < 4.78 is 8.88. The van der Waals surface area contributed by atoms with Crippen LogP contribution in [0.5, 0.6) is 0 Å². The van der Waals surface area contributed by atoms with Crippen LogP contribution in [0.4, 0.5) is 0 Å². The summed E-state index contributed by atoms with van der Waals surface area (Å²) in [6, 6.07) is 0. The second-order valence-electron chi connectivity index (χ2n) is 1.54. The molecule has 12 heavy (non-hydrogen) atoms. The van der Waals surface area contributed by atoms with Gasteiger partial charge in [0.15, 0.2) is 0 Å². The van der Waals surface area contributed by atoms with E-state index in [1.54, 1.807) is 0 Å². The molecule has 0 rings (SSSR count). The Morgan fingerprint density at radius 3 is 1.33 bits per heavy atom. The maximum atomic E-state index is 8.88. The third kappa shape index (κ3) is 90.1. The zero-order valence-electron chi connectivity index (χ0n) is 5.38. The molecule has 1 unspecified atom stereocenters. The van der Waals surface area contributed by atoms with Crippen molar-refractivity contribution < 1.29 is 29.5 Å². The first-order valence-corrected chi connectivity index (χ1v) is 3.91. The molecular weight excluding hydrogens is 209 g/mol. The van der Waals surface area contributed by atoms with E-state index in [0.717, 1.165) is 0 Å². The topological polar surface area (TPSA) is 118 Å². The van der Waals surface area contributed by atoms with Crippen molar-refractivity contribution in [1.82, 2.24) is 0 Å². The Labute approximate surface area is 115 Å². The van der Waals surface area contributed by atoms with E-state index in [-0.39, 0.29) is 65.7 Å². The summed E-state index contributed by atoms with van der Waals surface area (Å²) in [4.78, 5) is 21.6. The van der Waals surface area contributed by atoms with Crippen LogP contribution in [0.15, 0.2) is 0 Å². The molecular formula is C3H13Na2O6P. The van der Waals surface area contributed by atoms with Gasteiger partial charge in [0.2, 0.25) is 0 Å². The van der Waals surface area contributed by atoms with Gasteiger partial charge in [0.1, 0.15) is 0 Å². The Bertz CT molecular complexity index is 105. The van der Waals surface area contributed by atoms with Crippen molar-refractivity contribution in [2.24, 2.45) is 0 Å². The molecule has 0 aliphatic heterocycles. The molecule has 1 atom stereocenters. The van der Waals surface area contributed by atoms with E-state index >= 15 is 0 Å². The molecule has 0 heterocycles. The van der Waals surface area contributed by atoms with Gasteiger partial charge >= 0.3 is 66.9 Å². The number of aliphatic hydroxyl groups is 2. The van der Waals surface area contributed by atoms with Crippen LogP contribution < -0.4 is 0 Å². The number of hydrogen-bond donors (Lipinski definition) is 5. The molecule has 0 aromatic rings. The predicted molar refractivity (Wildman–Crippen MR) is 47.3 cm³/mol. The average Bonchev–Trinajstić information content (AvgIpc) is 1.61. The molecule has 68 valence electrons. The molecule has 0 radical (unpaired) electrons. The molecule has 0 fully saturated rings. The second kappa shape index (κ2) is 13.0. The summed E-state index contributed by atoms with van der Waals surface area (Å²) >= 11 is 0. The van der Waals surface area contributed by atoms with Crippen LogP contribution in [0.1, 0.15) is 6.92 Å². The van der Waals surface area contributed by atoms with Crippen LogP contribution in [0, 0.1) is 0 Å². The molecule has 0 aliphatic carbocycles. The molecule has 0 bridgehead atoms. The molecule has 0 amide bonds. The molecule has 0 aliphatic rings. The summed E-state index contributed by atoms with van der Waals surface area (Å²) in [7, 11) is -4.64. The van der Waals surface area contributed by atoms with Crippen molar-refractivity contribution in [2.45, 2.75) is 13.0 Å². The third-order valence-corrected chi connectivity index (χ3v) is 0.264. The van der Waals surface area contributed by atoms with Crippen LogP contribution in [-0.2, 0) is 4.57 Å². The molecule has 0 saturated carbocycles. The van der Waals surface area contributed by atoms with E-state index in [9.17, 15) is 0 Å². The van der Waals surface area contributed by atoms with Crippen molar-refractivity contribution in [2.75, 3.05) is 6.61 Å². The van der Waals surface area contributed by atoms with E-state index in [4.69, 9.17) is 29.5 Å². The first kappa shape index (κ1) is 23.7. The molecule has 5 N–H and O–H groups in total. The van der Waals surface area contributed by atoms with Crippen molar-refractivity contribution >= 4 is 66.9 Å². The molecule has 9 heteroatoms. The van der Waals surface area contributed by atoms with Gasteiger partial charge in [0, 0.05) is 0 Å².